The van der Waals surface area contributed by atoms with Crippen molar-refractivity contribution in [1.82, 2.24) is 4.98 Å². The highest BCUT2D eigenvalue weighted by molar-refractivity contribution is 5.63. The van der Waals surface area contributed by atoms with Gasteiger partial charge in [0.15, 0.2) is 12.2 Å². The fourth-order valence-electron chi connectivity index (χ4n) is 1.47. The Labute approximate surface area is 101 Å². The molecule has 0 spiro atoms. The van der Waals surface area contributed by atoms with E-state index in [1.54, 1.807) is 6.20 Å². The molecule has 2 aromatic rings. The largest absolute Gasteiger partial charge is 0.444 e. The van der Waals surface area contributed by atoms with Crippen molar-refractivity contribution in [2.45, 2.75) is 19.4 Å². The molecule has 0 bridgehead atoms. The number of nitrogens with zero attached hydrogens (tertiary/aromatic N) is 1. The average Bonchev–Trinajstić information content (AvgIpc) is 2.79. The van der Waals surface area contributed by atoms with Crippen LogP contribution in [-0.2, 0) is 0 Å². The maximum atomic E-state index is 5.92. The predicted molar refractivity (Wildman–Crippen MR) is 68.7 cm³/mol. The van der Waals surface area contributed by atoms with Crippen LogP contribution in [0.15, 0.2) is 41.3 Å². The maximum Gasteiger partial charge on any atom is 0.181 e. The van der Waals surface area contributed by atoms with Crippen molar-refractivity contribution in [1.29, 1.82) is 0 Å². The second-order valence-corrected chi connectivity index (χ2v) is 4.79. The number of benzene rings is 1. The number of rotatable bonds is 4. The van der Waals surface area contributed by atoms with Gasteiger partial charge in [0.2, 0.25) is 0 Å². The SMILES string of the molecule is CC(C)(N)CNc1cccc(-c2cnco2)c1. The van der Waals surface area contributed by atoms with Crippen molar-refractivity contribution in [3.63, 3.8) is 0 Å². The molecule has 0 aliphatic rings. The number of hydrogen-bond acceptors (Lipinski definition) is 4. The van der Waals surface area contributed by atoms with Crippen LogP contribution in [0.4, 0.5) is 5.69 Å². The summed E-state index contributed by atoms with van der Waals surface area (Å²) in [4.78, 5) is 3.91. The fourth-order valence-corrected chi connectivity index (χ4v) is 1.47. The number of nitrogens with two attached hydrogens (primary N) is 1. The van der Waals surface area contributed by atoms with Crippen LogP contribution >= 0.6 is 0 Å². The summed E-state index contributed by atoms with van der Waals surface area (Å²) in [5.41, 5.74) is 7.72. The molecule has 0 unspecified atom stereocenters. The Morgan fingerprint density at radius 1 is 1.41 bits per heavy atom. The first-order chi connectivity index (χ1) is 8.04. The number of aromatic nitrogens is 1. The van der Waals surface area contributed by atoms with E-state index in [0.29, 0.717) is 6.54 Å². The third-order valence-electron chi connectivity index (χ3n) is 2.33. The van der Waals surface area contributed by atoms with Crippen LogP contribution in [-0.4, -0.2) is 17.1 Å². The molecule has 90 valence electrons. The molecule has 1 aromatic carbocycles. The maximum absolute atomic E-state index is 5.92. The van der Waals surface area contributed by atoms with Gasteiger partial charge >= 0.3 is 0 Å². The van der Waals surface area contributed by atoms with E-state index < -0.39 is 0 Å². The van der Waals surface area contributed by atoms with Crippen molar-refractivity contribution in [3.8, 4) is 11.3 Å². The smallest absolute Gasteiger partial charge is 0.181 e. The van der Waals surface area contributed by atoms with E-state index in [0.717, 1.165) is 17.0 Å². The van der Waals surface area contributed by atoms with Gasteiger partial charge in [-0.1, -0.05) is 12.1 Å². The molecule has 0 saturated carbocycles. The topological polar surface area (TPSA) is 64.1 Å². The van der Waals surface area contributed by atoms with Crippen LogP contribution in [0.3, 0.4) is 0 Å². The Bertz CT molecular complexity index is 472. The van der Waals surface area contributed by atoms with Crippen LogP contribution in [0.1, 0.15) is 13.8 Å². The molecule has 1 aromatic heterocycles. The summed E-state index contributed by atoms with van der Waals surface area (Å²) in [6.07, 6.45) is 3.13. The summed E-state index contributed by atoms with van der Waals surface area (Å²) in [6, 6.07) is 7.99. The molecule has 0 atom stereocenters. The van der Waals surface area contributed by atoms with Crippen molar-refractivity contribution in [3.05, 3.63) is 36.9 Å². The van der Waals surface area contributed by atoms with E-state index in [1.165, 1.54) is 6.39 Å². The second kappa shape index (κ2) is 4.59. The Balaban J connectivity index is 2.12. The molecule has 0 aliphatic carbocycles. The molecule has 0 saturated heterocycles. The van der Waals surface area contributed by atoms with Gasteiger partial charge in [0.1, 0.15) is 0 Å². The summed E-state index contributed by atoms with van der Waals surface area (Å²) in [6.45, 7) is 4.69. The lowest BCUT2D eigenvalue weighted by Gasteiger charge is -2.19. The van der Waals surface area contributed by atoms with E-state index >= 15 is 0 Å². The predicted octanol–water partition coefficient (Wildman–Crippen LogP) is 2.49. The lowest BCUT2D eigenvalue weighted by Crippen LogP contribution is -2.39. The lowest BCUT2D eigenvalue weighted by molar-refractivity contribution is 0.549. The third kappa shape index (κ3) is 3.32. The number of oxazole rings is 1. The van der Waals surface area contributed by atoms with Gasteiger partial charge in [-0.25, -0.2) is 4.98 Å². The fraction of sp³-hybridized carbons (Fsp3) is 0.308. The van der Waals surface area contributed by atoms with E-state index in [9.17, 15) is 0 Å². The summed E-state index contributed by atoms with van der Waals surface area (Å²) in [7, 11) is 0. The van der Waals surface area contributed by atoms with Gasteiger partial charge in [0.05, 0.1) is 6.20 Å². The highest BCUT2D eigenvalue weighted by atomic mass is 16.3. The van der Waals surface area contributed by atoms with Gasteiger partial charge in [-0.2, -0.15) is 0 Å². The number of nitrogens with one attached hydrogen (secondary N) is 1. The average molecular weight is 231 g/mol. The Morgan fingerprint density at radius 3 is 2.88 bits per heavy atom. The molecule has 2 rings (SSSR count). The number of anilines is 1. The zero-order valence-corrected chi connectivity index (χ0v) is 10.1. The highest BCUT2D eigenvalue weighted by Crippen LogP contribution is 2.22. The van der Waals surface area contributed by atoms with Crippen LogP contribution in [0.25, 0.3) is 11.3 Å². The zero-order chi connectivity index (χ0) is 12.3. The van der Waals surface area contributed by atoms with Gasteiger partial charge in [0.25, 0.3) is 0 Å². The Hall–Kier alpha value is -1.81. The molecule has 4 nitrogen and oxygen atoms in total. The molecule has 3 N–H and O–H groups in total. The minimum Gasteiger partial charge on any atom is -0.444 e. The molecule has 0 radical (unpaired) electrons. The number of hydrogen-bond donors (Lipinski definition) is 2. The van der Waals surface area contributed by atoms with Crippen LogP contribution in [0.5, 0.6) is 0 Å². The second-order valence-electron chi connectivity index (χ2n) is 4.79. The first kappa shape index (κ1) is 11.7. The third-order valence-corrected chi connectivity index (χ3v) is 2.33. The Kier molecular flexibility index (Phi) is 3.15. The van der Waals surface area contributed by atoms with Gasteiger partial charge in [0, 0.05) is 23.3 Å². The standard InChI is InChI=1S/C13H17N3O/c1-13(2,14)8-16-11-5-3-4-10(6-11)12-7-15-9-17-12/h3-7,9,16H,8,14H2,1-2H3. The normalized spacial score (nSPS) is 11.5. The highest BCUT2D eigenvalue weighted by Gasteiger charge is 2.10. The summed E-state index contributed by atoms with van der Waals surface area (Å²) in [5, 5.41) is 3.30. The molecule has 0 aliphatic heterocycles. The minimum absolute atomic E-state index is 0.234. The van der Waals surface area contributed by atoms with Crippen molar-refractivity contribution >= 4 is 5.69 Å². The molecular weight excluding hydrogens is 214 g/mol. The van der Waals surface area contributed by atoms with Crippen molar-refractivity contribution in [2.75, 3.05) is 11.9 Å². The molecular formula is C13H17N3O. The van der Waals surface area contributed by atoms with Gasteiger partial charge in [-0.15, -0.1) is 0 Å². The van der Waals surface area contributed by atoms with Crippen LogP contribution in [0.2, 0.25) is 0 Å². The summed E-state index contributed by atoms with van der Waals surface area (Å²) in [5.74, 6) is 0.764. The summed E-state index contributed by atoms with van der Waals surface area (Å²) >= 11 is 0. The molecule has 17 heavy (non-hydrogen) atoms. The molecule has 1 heterocycles. The van der Waals surface area contributed by atoms with Gasteiger partial charge in [-0.3, -0.25) is 0 Å². The van der Waals surface area contributed by atoms with Crippen LogP contribution in [0, 0.1) is 0 Å². The Morgan fingerprint density at radius 2 is 2.24 bits per heavy atom. The van der Waals surface area contributed by atoms with E-state index in [4.69, 9.17) is 10.2 Å². The first-order valence-corrected chi connectivity index (χ1v) is 5.56. The molecule has 4 heteroatoms. The van der Waals surface area contributed by atoms with Crippen molar-refractivity contribution < 1.29 is 4.42 Å². The minimum atomic E-state index is -0.234. The van der Waals surface area contributed by atoms with E-state index in [2.05, 4.69) is 10.3 Å². The van der Waals surface area contributed by atoms with Crippen molar-refractivity contribution in [2.24, 2.45) is 5.73 Å². The lowest BCUT2D eigenvalue weighted by atomic mass is 10.1. The van der Waals surface area contributed by atoms with Gasteiger partial charge < -0.3 is 15.5 Å². The van der Waals surface area contributed by atoms with Gasteiger partial charge in [-0.05, 0) is 26.0 Å². The van der Waals surface area contributed by atoms with Crippen LogP contribution < -0.4 is 11.1 Å². The summed E-state index contributed by atoms with van der Waals surface area (Å²) < 4.78 is 5.26. The van der Waals surface area contributed by atoms with E-state index in [-0.39, 0.29) is 5.54 Å². The molecule has 0 fully saturated rings. The quantitative estimate of drug-likeness (QED) is 0.848. The first-order valence-electron chi connectivity index (χ1n) is 5.56. The zero-order valence-electron chi connectivity index (χ0n) is 10.1. The van der Waals surface area contributed by atoms with E-state index in [1.807, 2.05) is 38.1 Å². The molecule has 0 amide bonds. The monoisotopic (exact) mass is 231 g/mol.